The molecule has 0 aromatic rings. The maximum absolute atomic E-state index is 10.3. The molecule has 28 heavy (non-hydrogen) atoms. The highest BCUT2D eigenvalue weighted by Crippen LogP contribution is 2.15. The summed E-state index contributed by atoms with van der Waals surface area (Å²) in [6, 6.07) is -0.119. The van der Waals surface area contributed by atoms with Gasteiger partial charge in [0.1, 0.15) is 6.10 Å². The predicted molar refractivity (Wildman–Crippen MR) is 121 cm³/mol. The second kappa shape index (κ2) is 21.5. The van der Waals surface area contributed by atoms with Gasteiger partial charge in [-0.05, 0) is 19.4 Å². The van der Waals surface area contributed by atoms with Crippen LogP contribution in [0.1, 0.15) is 123 Å². The molecular formula is C24H51NO3. The van der Waals surface area contributed by atoms with Crippen LogP contribution in [0.25, 0.3) is 0 Å². The van der Waals surface area contributed by atoms with Crippen LogP contribution in [0.2, 0.25) is 0 Å². The molecule has 0 bridgehead atoms. The highest BCUT2D eigenvalue weighted by Gasteiger charge is 2.24. The monoisotopic (exact) mass is 401 g/mol. The number of aliphatic hydroxyl groups is 3. The number of nitrogens with one attached hydrogen (secondary N) is 1. The van der Waals surface area contributed by atoms with E-state index >= 15 is 0 Å². The summed E-state index contributed by atoms with van der Waals surface area (Å²) in [7, 11) is 0. The summed E-state index contributed by atoms with van der Waals surface area (Å²) >= 11 is 0. The zero-order valence-corrected chi connectivity index (χ0v) is 19.0. The third kappa shape index (κ3) is 16.8. The molecule has 0 fully saturated rings. The minimum absolute atomic E-state index is 0.119. The number of aliphatic hydroxyl groups excluding tert-OH is 3. The molecule has 0 aliphatic heterocycles. The molecule has 0 amide bonds. The van der Waals surface area contributed by atoms with Crippen molar-refractivity contribution in [3.8, 4) is 0 Å². The Morgan fingerprint density at radius 2 is 1.04 bits per heavy atom. The van der Waals surface area contributed by atoms with Gasteiger partial charge >= 0.3 is 0 Å². The first-order valence-electron chi connectivity index (χ1n) is 12.4. The number of unbranched alkanes of at least 4 members (excludes halogenated alkanes) is 14. The van der Waals surface area contributed by atoms with Gasteiger partial charge in [-0.15, -0.1) is 0 Å². The van der Waals surface area contributed by atoms with E-state index in [0.29, 0.717) is 0 Å². The van der Waals surface area contributed by atoms with Crippen molar-refractivity contribution in [1.29, 1.82) is 0 Å². The van der Waals surface area contributed by atoms with E-state index in [2.05, 4.69) is 19.2 Å². The number of rotatable bonds is 22. The standard InChI is InChI=1S/C24H51NO3/c1-3-5-7-9-10-11-12-13-14-15-16-17-19-22(24(28)23(27)21-26)25-20-18-8-6-4-2/h22-28H,3-21H2,1-2H3/t22-,23+,24+/m1/s1. The van der Waals surface area contributed by atoms with Crippen LogP contribution in [0, 0.1) is 0 Å². The minimum atomic E-state index is -1.05. The molecular weight excluding hydrogens is 350 g/mol. The molecule has 0 radical (unpaired) electrons. The molecule has 4 N–H and O–H groups in total. The fourth-order valence-electron chi connectivity index (χ4n) is 3.81. The summed E-state index contributed by atoms with van der Waals surface area (Å²) in [5, 5.41) is 32.6. The van der Waals surface area contributed by atoms with Gasteiger partial charge in [0.25, 0.3) is 0 Å². The number of hydrogen-bond donors (Lipinski definition) is 4. The molecule has 0 rings (SSSR count). The Bertz CT molecular complexity index is 302. The van der Waals surface area contributed by atoms with Crippen molar-refractivity contribution in [2.24, 2.45) is 0 Å². The van der Waals surface area contributed by atoms with E-state index in [-0.39, 0.29) is 12.6 Å². The van der Waals surface area contributed by atoms with Crippen molar-refractivity contribution in [2.75, 3.05) is 13.2 Å². The first-order valence-corrected chi connectivity index (χ1v) is 12.4. The van der Waals surface area contributed by atoms with E-state index in [1.165, 1.54) is 89.9 Å². The highest BCUT2D eigenvalue weighted by molar-refractivity contribution is 4.81. The molecule has 0 heterocycles. The van der Waals surface area contributed by atoms with E-state index in [1.54, 1.807) is 0 Å². The Hall–Kier alpha value is -0.160. The summed E-state index contributed by atoms with van der Waals surface area (Å²) in [5.74, 6) is 0. The summed E-state index contributed by atoms with van der Waals surface area (Å²) in [6.45, 7) is 4.96. The Morgan fingerprint density at radius 3 is 1.50 bits per heavy atom. The summed E-state index contributed by atoms with van der Waals surface area (Å²) in [4.78, 5) is 0. The van der Waals surface area contributed by atoms with Crippen LogP contribution in [0.5, 0.6) is 0 Å². The smallest absolute Gasteiger partial charge is 0.104 e. The van der Waals surface area contributed by atoms with Crippen LogP contribution in [-0.4, -0.2) is 46.7 Å². The SMILES string of the molecule is CCCCCCCCCCCCCC[C@@H](NCCCCCC)[C@H](O)[C@@H](O)CO. The van der Waals surface area contributed by atoms with E-state index in [1.807, 2.05) is 0 Å². The maximum atomic E-state index is 10.3. The summed E-state index contributed by atoms with van der Waals surface area (Å²) in [5.41, 5.74) is 0. The Kier molecular flexibility index (Phi) is 21.4. The molecule has 0 aromatic carbocycles. The molecule has 0 unspecified atom stereocenters. The highest BCUT2D eigenvalue weighted by atomic mass is 16.4. The zero-order chi connectivity index (χ0) is 20.9. The van der Waals surface area contributed by atoms with Gasteiger partial charge in [-0.25, -0.2) is 0 Å². The lowest BCUT2D eigenvalue weighted by Gasteiger charge is -2.27. The number of hydrogen-bond acceptors (Lipinski definition) is 4. The van der Waals surface area contributed by atoms with Crippen molar-refractivity contribution in [3.05, 3.63) is 0 Å². The molecule has 0 aliphatic carbocycles. The average molecular weight is 402 g/mol. The molecule has 0 spiro atoms. The van der Waals surface area contributed by atoms with Crippen LogP contribution >= 0.6 is 0 Å². The lowest BCUT2D eigenvalue weighted by molar-refractivity contribution is -0.0336. The summed E-state index contributed by atoms with van der Waals surface area (Å²) < 4.78 is 0. The van der Waals surface area contributed by atoms with Gasteiger partial charge in [0.15, 0.2) is 0 Å². The van der Waals surface area contributed by atoms with Gasteiger partial charge in [0.05, 0.1) is 12.7 Å². The molecule has 4 nitrogen and oxygen atoms in total. The van der Waals surface area contributed by atoms with Crippen LogP contribution in [-0.2, 0) is 0 Å². The second-order valence-corrected chi connectivity index (χ2v) is 8.54. The molecule has 0 aliphatic rings. The second-order valence-electron chi connectivity index (χ2n) is 8.54. The molecule has 4 heteroatoms. The van der Waals surface area contributed by atoms with Crippen molar-refractivity contribution in [1.82, 2.24) is 5.32 Å². The van der Waals surface area contributed by atoms with E-state index < -0.39 is 12.2 Å². The molecule has 0 aromatic heterocycles. The van der Waals surface area contributed by atoms with Gasteiger partial charge in [0, 0.05) is 6.04 Å². The topological polar surface area (TPSA) is 72.7 Å². The van der Waals surface area contributed by atoms with Crippen molar-refractivity contribution >= 4 is 0 Å². The zero-order valence-electron chi connectivity index (χ0n) is 19.0. The van der Waals surface area contributed by atoms with E-state index in [0.717, 1.165) is 25.8 Å². The molecule has 170 valence electrons. The largest absolute Gasteiger partial charge is 0.394 e. The lowest BCUT2D eigenvalue weighted by Crippen LogP contribution is -2.47. The minimum Gasteiger partial charge on any atom is -0.394 e. The van der Waals surface area contributed by atoms with Crippen molar-refractivity contribution in [2.45, 2.75) is 141 Å². The fourth-order valence-corrected chi connectivity index (χ4v) is 3.81. The third-order valence-corrected chi connectivity index (χ3v) is 5.80. The quantitative estimate of drug-likeness (QED) is 0.185. The Morgan fingerprint density at radius 1 is 0.607 bits per heavy atom. The van der Waals surface area contributed by atoms with Gasteiger partial charge in [0.2, 0.25) is 0 Å². The van der Waals surface area contributed by atoms with Crippen LogP contribution in [0.15, 0.2) is 0 Å². The average Bonchev–Trinajstić information content (AvgIpc) is 2.71. The fraction of sp³-hybridized carbons (Fsp3) is 1.00. The predicted octanol–water partition coefficient (Wildman–Crippen LogP) is 5.33. The van der Waals surface area contributed by atoms with Gasteiger partial charge < -0.3 is 20.6 Å². The lowest BCUT2D eigenvalue weighted by atomic mass is 9.98. The molecule has 3 atom stereocenters. The normalized spacial score (nSPS) is 14.9. The maximum Gasteiger partial charge on any atom is 0.104 e. The van der Waals surface area contributed by atoms with Crippen LogP contribution in [0.3, 0.4) is 0 Å². The Balaban J connectivity index is 3.76. The van der Waals surface area contributed by atoms with Crippen molar-refractivity contribution < 1.29 is 15.3 Å². The van der Waals surface area contributed by atoms with Crippen molar-refractivity contribution in [3.63, 3.8) is 0 Å². The summed E-state index contributed by atoms with van der Waals surface area (Å²) in [6.07, 6.45) is 19.5. The van der Waals surface area contributed by atoms with Gasteiger partial charge in [-0.3, -0.25) is 0 Å². The first-order chi connectivity index (χ1) is 13.7. The molecule has 0 saturated carbocycles. The molecule has 0 saturated heterocycles. The van der Waals surface area contributed by atoms with E-state index in [4.69, 9.17) is 5.11 Å². The van der Waals surface area contributed by atoms with Gasteiger partial charge in [-0.2, -0.15) is 0 Å². The van der Waals surface area contributed by atoms with Crippen LogP contribution < -0.4 is 5.32 Å². The van der Waals surface area contributed by atoms with Gasteiger partial charge in [-0.1, -0.05) is 110 Å². The first kappa shape index (κ1) is 27.8. The Labute approximate surface area is 175 Å². The third-order valence-electron chi connectivity index (χ3n) is 5.80. The van der Waals surface area contributed by atoms with E-state index in [9.17, 15) is 10.2 Å². The van der Waals surface area contributed by atoms with Crippen LogP contribution in [0.4, 0.5) is 0 Å².